The van der Waals surface area contributed by atoms with E-state index in [0.29, 0.717) is 16.2 Å². The number of hydrogen-bond donors (Lipinski definition) is 6. The van der Waals surface area contributed by atoms with E-state index in [2.05, 4.69) is 15.7 Å². The maximum atomic E-state index is 13.2. The van der Waals surface area contributed by atoms with Crippen molar-refractivity contribution in [2.24, 2.45) is 16.7 Å². The minimum atomic E-state index is -2.09. The highest BCUT2D eigenvalue weighted by Gasteiger charge is 2.41. The highest BCUT2D eigenvalue weighted by atomic mass is 16.4. The van der Waals surface area contributed by atoms with Crippen LogP contribution in [0.3, 0.4) is 0 Å². The van der Waals surface area contributed by atoms with Crippen LogP contribution in [0.2, 0.25) is 0 Å². The van der Waals surface area contributed by atoms with E-state index < -0.39 is 54.2 Å². The van der Waals surface area contributed by atoms with Crippen LogP contribution in [0, 0.1) is 0 Å². The van der Waals surface area contributed by atoms with Crippen LogP contribution in [0.15, 0.2) is 59.7 Å². The molecule has 8 N–H and O–H groups in total. The van der Waals surface area contributed by atoms with Crippen LogP contribution in [0.5, 0.6) is 0 Å². The molecule has 36 heavy (non-hydrogen) atoms. The molecule has 0 heterocycles. The summed E-state index contributed by atoms with van der Waals surface area (Å²) in [6.07, 6.45) is 0.619. The second-order valence-corrected chi connectivity index (χ2v) is 7.61. The van der Waals surface area contributed by atoms with Gasteiger partial charge in [-0.25, -0.2) is 9.59 Å². The number of carbonyl (C=O) groups is 5. The number of hydrazone groups is 1. The molecule has 0 fully saturated rings. The number of nitrogens with zero attached hydrogens (tertiary/aromatic N) is 2. The van der Waals surface area contributed by atoms with Gasteiger partial charge in [0.2, 0.25) is 5.91 Å². The summed E-state index contributed by atoms with van der Waals surface area (Å²) < 4.78 is 0. The van der Waals surface area contributed by atoms with Gasteiger partial charge < -0.3 is 32.4 Å². The Balaban J connectivity index is 2.25. The molecule has 0 radical (unpaired) electrons. The number of anilines is 2. The molecule has 0 saturated carbocycles. The molecule has 3 atom stereocenters. The van der Waals surface area contributed by atoms with Crippen LogP contribution < -0.4 is 27.1 Å². The van der Waals surface area contributed by atoms with E-state index in [0.717, 1.165) is 0 Å². The molecule has 2 aromatic rings. The Morgan fingerprint density at radius 3 is 2.17 bits per heavy atom. The summed E-state index contributed by atoms with van der Waals surface area (Å²) in [4.78, 5) is 62.4. The fourth-order valence-electron chi connectivity index (χ4n) is 3.22. The molecule has 0 bridgehead atoms. The zero-order valence-electron chi connectivity index (χ0n) is 19.2. The second-order valence-electron chi connectivity index (χ2n) is 7.61. The van der Waals surface area contributed by atoms with Gasteiger partial charge in [0.1, 0.15) is 0 Å². The van der Waals surface area contributed by atoms with Crippen molar-refractivity contribution in [1.29, 1.82) is 0 Å². The van der Waals surface area contributed by atoms with Crippen molar-refractivity contribution in [3.63, 3.8) is 0 Å². The number of nitrogens with one attached hydrogen (secondary N) is 2. The van der Waals surface area contributed by atoms with E-state index in [1.165, 1.54) is 37.4 Å². The maximum absolute atomic E-state index is 13.2. The number of benzene rings is 2. The van der Waals surface area contributed by atoms with Crippen LogP contribution in [0.4, 0.5) is 16.2 Å². The number of carboxylic acid groups (broad SMARTS) is 2. The van der Waals surface area contributed by atoms with Crippen molar-refractivity contribution in [3.8, 4) is 0 Å². The van der Waals surface area contributed by atoms with E-state index in [4.69, 9.17) is 16.7 Å². The summed E-state index contributed by atoms with van der Waals surface area (Å²) >= 11 is 0. The molecular formula is C23H26N6O7. The van der Waals surface area contributed by atoms with E-state index in [1.54, 1.807) is 30.3 Å². The highest BCUT2D eigenvalue weighted by molar-refractivity contribution is 6.15. The van der Waals surface area contributed by atoms with Crippen molar-refractivity contribution in [2.45, 2.75) is 31.5 Å². The largest absolute Gasteiger partial charge is 0.481 e. The van der Waals surface area contributed by atoms with Crippen LogP contribution >= 0.6 is 0 Å². The van der Waals surface area contributed by atoms with Crippen LogP contribution in [-0.4, -0.2) is 64.2 Å². The molecular weight excluding hydrogens is 472 g/mol. The SMILES string of the molecule is CC(NC(=O)Nc1ccc(C=NN)cc1)C(=O)[C@@H](C(=O)O)N(C(=O)[C@@H](N)CC(=O)O)c1ccccc1. The lowest BCUT2D eigenvalue weighted by Crippen LogP contribution is -2.59. The molecule has 13 heteroatoms. The molecule has 2 rings (SSSR count). The Bertz CT molecular complexity index is 1140. The van der Waals surface area contributed by atoms with Crippen molar-refractivity contribution >= 4 is 47.2 Å². The number of Topliss-reactive ketones (excluding diaryl/α,β-unsaturated/α-hetero) is 1. The smallest absolute Gasteiger partial charge is 0.334 e. The summed E-state index contributed by atoms with van der Waals surface area (Å²) in [5, 5.41) is 27.1. The number of carbonyl (C=O) groups excluding carboxylic acids is 3. The zero-order valence-corrected chi connectivity index (χ0v) is 19.2. The van der Waals surface area contributed by atoms with Gasteiger partial charge in [-0.3, -0.25) is 19.3 Å². The van der Waals surface area contributed by atoms with Crippen molar-refractivity contribution < 1.29 is 34.2 Å². The third kappa shape index (κ3) is 7.36. The van der Waals surface area contributed by atoms with Crippen LogP contribution in [-0.2, 0) is 19.2 Å². The molecule has 0 aliphatic heterocycles. The Morgan fingerprint density at radius 2 is 1.64 bits per heavy atom. The van der Waals surface area contributed by atoms with Gasteiger partial charge >= 0.3 is 18.0 Å². The molecule has 3 amide bonds. The number of amides is 3. The van der Waals surface area contributed by atoms with E-state index >= 15 is 0 Å². The highest BCUT2D eigenvalue weighted by Crippen LogP contribution is 2.20. The van der Waals surface area contributed by atoms with Crippen LogP contribution in [0.25, 0.3) is 0 Å². The number of urea groups is 1. The topological polar surface area (TPSA) is 218 Å². The summed E-state index contributed by atoms with van der Waals surface area (Å²) in [5.41, 5.74) is 6.77. The third-order valence-corrected chi connectivity index (χ3v) is 4.91. The summed E-state index contributed by atoms with van der Waals surface area (Å²) in [7, 11) is 0. The summed E-state index contributed by atoms with van der Waals surface area (Å²) in [5.74, 6) is -0.102. The second kappa shape index (κ2) is 12.6. The van der Waals surface area contributed by atoms with Crippen molar-refractivity contribution in [2.75, 3.05) is 10.2 Å². The molecule has 0 spiro atoms. The van der Waals surface area contributed by atoms with E-state index in [1.807, 2.05) is 0 Å². The minimum Gasteiger partial charge on any atom is -0.481 e. The zero-order chi connectivity index (χ0) is 26.8. The van der Waals surface area contributed by atoms with Crippen molar-refractivity contribution in [1.82, 2.24) is 5.32 Å². The Kier molecular flexibility index (Phi) is 9.63. The molecule has 190 valence electrons. The quantitative estimate of drug-likeness (QED) is 0.109. The fourth-order valence-corrected chi connectivity index (χ4v) is 3.22. The van der Waals surface area contributed by atoms with E-state index in [9.17, 15) is 29.1 Å². The molecule has 0 aromatic heterocycles. The number of para-hydroxylation sites is 1. The number of nitrogens with two attached hydrogens (primary N) is 2. The predicted molar refractivity (Wildman–Crippen MR) is 130 cm³/mol. The summed E-state index contributed by atoms with van der Waals surface area (Å²) in [6.45, 7) is 1.25. The Morgan fingerprint density at radius 1 is 1.03 bits per heavy atom. The van der Waals surface area contributed by atoms with Crippen molar-refractivity contribution in [3.05, 3.63) is 60.2 Å². The number of ketones is 1. The van der Waals surface area contributed by atoms with Gasteiger partial charge in [0.15, 0.2) is 11.8 Å². The van der Waals surface area contributed by atoms with Gasteiger partial charge in [0, 0.05) is 11.4 Å². The lowest BCUT2D eigenvalue weighted by atomic mass is 10.0. The number of rotatable bonds is 11. The van der Waals surface area contributed by atoms with Gasteiger partial charge in [-0.15, -0.1) is 0 Å². The van der Waals surface area contributed by atoms with Gasteiger partial charge in [-0.05, 0) is 36.8 Å². The lowest BCUT2D eigenvalue weighted by Gasteiger charge is -2.31. The standard InChI is InChI=1S/C23H26N6O7/c1-13(27-23(36)28-15-9-7-14(8-10-15)12-26-25)20(32)19(22(34)35)29(16-5-3-2-4-6-16)21(33)17(24)11-18(30)31/h2-10,12-13,17,19H,11,24-25H2,1H3,(H,30,31)(H,34,35)(H2,27,28,36)/t13?,17-,19-/m0/s1. The molecule has 0 aliphatic carbocycles. The number of aliphatic carboxylic acids is 2. The average Bonchev–Trinajstić information content (AvgIpc) is 2.82. The normalized spacial score (nSPS) is 13.3. The lowest BCUT2D eigenvalue weighted by molar-refractivity contribution is -0.144. The molecule has 0 saturated heterocycles. The monoisotopic (exact) mass is 498 g/mol. The molecule has 13 nitrogen and oxygen atoms in total. The molecule has 0 aliphatic rings. The number of hydrogen-bond acceptors (Lipinski definition) is 8. The first kappa shape index (κ1) is 27.5. The number of carboxylic acids is 2. The van der Waals surface area contributed by atoms with Gasteiger partial charge in [0.25, 0.3) is 0 Å². The molecule has 1 unspecified atom stereocenters. The Hall–Kier alpha value is -4.78. The van der Waals surface area contributed by atoms with Gasteiger partial charge in [-0.2, -0.15) is 5.10 Å². The minimum absolute atomic E-state index is 0.0156. The van der Waals surface area contributed by atoms with E-state index in [-0.39, 0.29) is 5.69 Å². The third-order valence-electron chi connectivity index (χ3n) is 4.91. The van der Waals surface area contributed by atoms with Gasteiger partial charge in [-0.1, -0.05) is 30.3 Å². The van der Waals surface area contributed by atoms with Gasteiger partial charge in [0.05, 0.1) is 24.7 Å². The summed E-state index contributed by atoms with van der Waals surface area (Å²) in [6, 6.07) is 7.86. The first-order valence-electron chi connectivity index (χ1n) is 10.6. The predicted octanol–water partition coefficient (Wildman–Crippen LogP) is 0.347. The fraction of sp³-hybridized carbons (Fsp3) is 0.217. The maximum Gasteiger partial charge on any atom is 0.334 e. The van der Waals surface area contributed by atoms with Crippen LogP contribution in [0.1, 0.15) is 18.9 Å². The molecule has 2 aromatic carbocycles. The first-order valence-corrected chi connectivity index (χ1v) is 10.6. The Labute approximate surface area is 205 Å². The first-order chi connectivity index (χ1) is 17.0. The average molecular weight is 498 g/mol.